The Kier molecular flexibility index (Phi) is 3.46. The molecule has 0 saturated carbocycles. The molecule has 3 aromatic rings. The SMILES string of the molecule is N#Cc1c(N)c(C#N)c2c(c1-c1ccc(Cl)cc1)Cc1ccccc1-2. The van der Waals surface area contributed by atoms with Crippen molar-refractivity contribution in [2.75, 3.05) is 5.73 Å². The van der Waals surface area contributed by atoms with Crippen LogP contribution in [0.5, 0.6) is 0 Å². The van der Waals surface area contributed by atoms with E-state index in [1.807, 2.05) is 36.4 Å². The molecule has 0 saturated heterocycles. The minimum atomic E-state index is 0.241. The molecule has 25 heavy (non-hydrogen) atoms. The summed E-state index contributed by atoms with van der Waals surface area (Å²) < 4.78 is 0. The van der Waals surface area contributed by atoms with E-state index in [1.54, 1.807) is 12.1 Å². The van der Waals surface area contributed by atoms with Gasteiger partial charge in [0.2, 0.25) is 0 Å². The van der Waals surface area contributed by atoms with Gasteiger partial charge in [-0.15, -0.1) is 0 Å². The van der Waals surface area contributed by atoms with E-state index in [1.165, 1.54) is 0 Å². The van der Waals surface area contributed by atoms with Gasteiger partial charge in [-0.2, -0.15) is 10.5 Å². The molecule has 1 aliphatic carbocycles. The largest absolute Gasteiger partial charge is 0.397 e. The molecular formula is C21H12ClN3. The second-order valence-electron chi connectivity index (χ2n) is 5.96. The van der Waals surface area contributed by atoms with Crippen molar-refractivity contribution in [3.8, 4) is 34.4 Å². The highest BCUT2D eigenvalue weighted by Crippen LogP contribution is 2.47. The van der Waals surface area contributed by atoms with Gasteiger partial charge in [0.05, 0.1) is 16.8 Å². The minimum absolute atomic E-state index is 0.241. The first kappa shape index (κ1) is 15.3. The molecule has 0 aliphatic heterocycles. The first-order valence-electron chi connectivity index (χ1n) is 7.78. The van der Waals surface area contributed by atoms with E-state index >= 15 is 0 Å². The highest BCUT2D eigenvalue weighted by Gasteiger charge is 2.29. The highest BCUT2D eigenvalue weighted by molar-refractivity contribution is 6.30. The summed E-state index contributed by atoms with van der Waals surface area (Å²) in [5, 5.41) is 20.0. The summed E-state index contributed by atoms with van der Waals surface area (Å²) in [5.74, 6) is 0. The zero-order valence-corrected chi connectivity index (χ0v) is 13.9. The van der Waals surface area contributed by atoms with Crippen molar-refractivity contribution in [3.63, 3.8) is 0 Å². The zero-order chi connectivity index (χ0) is 17.6. The van der Waals surface area contributed by atoms with E-state index in [-0.39, 0.29) is 5.69 Å². The number of anilines is 1. The summed E-state index contributed by atoms with van der Waals surface area (Å²) in [5.41, 5.74) is 12.9. The Balaban J connectivity index is 2.14. The lowest BCUT2D eigenvalue weighted by Gasteiger charge is -2.16. The van der Waals surface area contributed by atoms with E-state index < -0.39 is 0 Å². The third-order valence-corrected chi connectivity index (χ3v) is 4.90. The molecule has 0 radical (unpaired) electrons. The van der Waals surface area contributed by atoms with Crippen molar-refractivity contribution in [2.45, 2.75) is 6.42 Å². The molecule has 0 amide bonds. The number of nitrogens with two attached hydrogens (primary N) is 1. The fourth-order valence-corrected chi connectivity index (χ4v) is 3.70. The maximum atomic E-state index is 9.72. The van der Waals surface area contributed by atoms with Gasteiger partial charge in [-0.25, -0.2) is 0 Å². The predicted molar refractivity (Wildman–Crippen MR) is 99.0 cm³/mol. The number of fused-ring (bicyclic) bond motifs is 3. The molecule has 4 rings (SSSR count). The number of nitriles is 2. The Morgan fingerprint density at radius 3 is 2.20 bits per heavy atom. The maximum absolute atomic E-state index is 9.72. The first-order chi connectivity index (χ1) is 12.2. The van der Waals surface area contributed by atoms with E-state index in [9.17, 15) is 10.5 Å². The van der Waals surface area contributed by atoms with Crippen molar-refractivity contribution in [3.05, 3.63) is 75.8 Å². The molecule has 3 aromatic carbocycles. The lowest BCUT2D eigenvalue weighted by molar-refractivity contribution is 1.26. The molecule has 0 unspecified atom stereocenters. The van der Waals surface area contributed by atoms with Gasteiger partial charge in [0.25, 0.3) is 0 Å². The van der Waals surface area contributed by atoms with Gasteiger partial charge in [0.15, 0.2) is 0 Å². The Bertz CT molecular complexity index is 1100. The molecule has 0 atom stereocenters. The molecule has 0 bridgehead atoms. The van der Waals surface area contributed by atoms with E-state index in [0.29, 0.717) is 22.6 Å². The molecule has 0 aromatic heterocycles. The van der Waals surface area contributed by atoms with Gasteiger partial charge in [-0.3, -0.25) is 0 Å². The van der Waals surface area contributed by atoms with Crippen LogP contribution in [0.3, 0.4) is 0 Å². The third kappa shape index (κ3) is 2.18. The monoisotopic (exact) mass is 341 g/mol. The third-order valence-electron chi connectivity index (χ3n) is 4.65. The fraction of sp³-hybridized carbons (Fsp3) is 0.0476. The van der Waals surface area contributed by atoms with Crippen LogP contribution in [0.15, 0.2) is 48.5 Å². The summed E-state index contributed by atoms with van der Waals surface area (Å²) in [4.78, 5) is 0. The standard InChI is InChI=1S/C21H12ClN3/c22-14-7-5-12(6-8-14)19-16-9-13-3-1-2-4-15(13)20(16)18(11-24)21(25)17(19)10-23/h1-8H,9,25H2. The van der Waals surface area contributed by atoms with Crippen molar-refractivity contribution >= 4 is 17.3 Å². The van der Waals surface area contributed by atoms with Crippen molar-refractivity contribution in [2.24, 2.45) is 0 Å². The average molecular weight is 342 g/mol. The van der Waals surface area contributed by atoms with Gasteiger partial charge in [0.1, 0.15) is 12.1 Å². The first-order valence-corrected chi connectivity index (χ1v) is 8.16. The predicted octanol–water partition coefficient (Wildman–Crippen LogP) is 4.90. The average Bonchev–Trinajstić information content (AvgIpc) is 3.01. The van der Waals surface area contributed by atoms with Crippen LogP contribution in [-0.2, 0) is 6.42 Å². The van der Waals surface area contributed by atoms with Crippen molar-refractivity contribution in [1.29, 1.82) is 10.5 Å². The van der Waals surface area contributed by atoms with E-state index in [2.05, 4.69) is 12.1 Å². The summed E-state index contributed by atoms with van der Waals surface area (Å²) >= 11 is 6.01. The topological polar surface area (TPSA) is 73.6 Å². The van der Waals surface area contributed by atoms with Crippen molar-refractivity contribution in [1.82, 2.24) is 0 Å². The Hall–Kier alpha value is -3.27. The zero-order valence-electron chi connectivity index (χ0n) is 13.2. The van der Waals surface area contributed by atoms with Gasteiger partial charge in [-0.1, -0.05) is 48.0 Å². The molecule has 0 heterocycles. The highest BCUT2D eigenvalue weighted by atomic mass is 35.5. The number of nitrogen functional groups attached to an aromatic ring is 1. The number of hydrogen-bond acceptors (Lipinski definition) is 3. The number of hydrogen-bond donors (Lipinski definition) is 1. The van der Waals surface area contributed by atoms with E-state index in [4.69, 9.17) is 17.3 Å². The molecule has 4 heteroatoms. The molecule has 2 N–H and O–H groups in total. The second-order valence-corrected chi connectivity index (χ2v) is 6.39. The number of halogens is 1. The number of benzene rings is 3. The quantitative estimate of drug-likeness (QED) is 0.500. The summed E-state index contributed by atoms with van der Waals surface area (Å²) in [7, 11) is 0. The number of nitrogens with zero attached hydrogens (tertiary/aromatic N) is 2. The number of rotatable bonds is 1. The summed E-state index contributed by atoms with van der Waals surface area (Å²) in [6, 6.07) is 19.7. The molecular weight excluding hydrogens is 330 g/mol. The van der Waals surface area contributed by atoms with E-state index in [0.717, 1.165) is 33.4 Å². The Morgan fingerprint density at radius 2 is 1.52 bits per heavy atom. The summed E-state index contributed by atoms with van der Waals surface area (Å²) in [6.07, 6.45) is 0.674. The lowest BCUT2D eigenvalue weighted by atomic mass is 9.87. The van der Waals surface area contributed by atoms with Crippen LogP contribution < -0.4 is 5.73 Å². The van der Waals surface area contributed by atoms with Crippen LogP contribution in [0.1, 0.15) is 22.3 Å². The Morgan fingerprint density at radius 1 is 0.880 bits per heavy atom. The maximum Gasteiger partial charge on any atom is 0.102 e. The van der Waals surface area contributed by atoms with Gasteiger partial charge in [-0.05, 0) is 40.8 Å². The van der Waals surface area contributed by atoms with Gasteiger partial charge in [0, 0.05) is 16.1 Å². The normalized spacial score (nSPS) is 11.3. The van der Waals surface area contributed by atoms with Crippen LogP contribution in [0.25, 0.3) is 22.3 Å². The molecule has 0 spiro atoms. The molecule has 1 aliphatic rings. The smallest absolute Gasteiger partial charge is 0.102 e. The molecule has 0 fully saturated rings. The van der Waals surface area contributed by atoms with Gasteiger partial charge < -0.3 is 5.73 Å². The molecule has 118 valence electrons. The van der Waals surface area contributed by atoms with Crippen LogP contribution in [0, 0.1) is 22.7 Å². The lowest BCUT2D eigenvalue weighted by Crippen LogP contribution is -2.03. The fourth-order valence-electron chi connectivity index (χ4n) is 3.57. The van der Waals surface area contributed by atoms with Gasteiger partial charge >= 0.3 is 0 Å². The molecule has 3 nitrogen and oxygen atoms in total. The van der Waals surface area contributed by atoms with Crippen molar-refractivity contribution < 1.29 is 0 Å². The van der Waals surface area contributed by atoms with Crippen LogP contribution >= 0.6 is 11.6 Å². The minimum Gasteiger partial charge on any atom is -0.397 e. The van der Waals surface area contributed by atoms with Crippen LogP contribution in [0.4, 0.5) is 5.69 Å². The Labute approximate surface area is 150 Å². The van der Waals surface area contributed by atoms with Crippen LogP contribution in [-0.4, -0.2) is 0 Å². The van der Waals surface area contributed by atoms with Crippen LogP contribution in [0.2, 0.25) is 5.02 Å². The summed E-state index contributed by atoms with van der Waals surface area (Å²) in [6.45, 7) is 0. The second kappa shape index (κ2) is 5.67.